The number of ketones is 1. The molecule has 1 atom stereocenters. The van der Waals surface area contributed by atoms with Crippen molar-refractivity contribution in [1.29, 1.82) is 0 Å². The van der Waals surface area contributed by atoms with Crippen molar-refractivity contribution in [2.24, 2.45) is 5.92 Å². The summed E-state index contributed by atoms with van der Waals surface area (Å²) in [7, 11) is 0. The van der Waals surface area contributed by atoms with E-state index in [0.29, 0.717) is 11.7 Å². The lowest BCUT2D eigenvalue weighted by molar-refractivity contribution is -0.117. The maximum Gasteiger partial charge on any atom is 0.130 e. The first-order chi connectivity index (χ1) is 4.66. The van der Waals surface area contributed by atoms with Crippen molar-refractivity contribution >= 4 is 17.5 Å². The van der Waals surface area contributed by atoms with Crippen LogP contribution in [0.4, 0.5) is 0 Å². The molecule has 0 aromatic rings. The van der Waals surface area contributed by atoms with Gasteiger partial charge in [-0.25, -0.2) is 0 Å². The highest BCUT2D eigenvalue weighted by molar-refractivity contribution is 7.98. The van der Waals surface area contributed by atoms with E-state index in [1.807, 2.05) is 11.8 Å². The molecule has 0 bridgehead atoms. The second kappa shape index (κ2) is 5.78. The summed E-state index contributed by atoms with van der Waals surface area (Å²) in [6, 6.07) is 0. The Bertz CT molecular complexity index is 101. The Balaban J connectivity index is 3.25. The molecule has 1 nitrogen and oxygen atoms in total. The maximum absolute atomic E-state index is 10.6. The fourth-order valence-electron chi connectivity index (χ4n) is 0.912. The summed E-state index contributed by atoms with van der Waals surface area (Å²) < 4.78 is 0. The van der Waals surface area contributed by atoms with Gasteiger partial charge in [0.05, 0.1) is 0 Å². The third-order valence-electron chi connectivity index (χ3n) is 1.45. The van der Waals surface area contributed by atoms with Crippen molar-refractivity contribution in [2.45, 2.75) is 26.7 Å². The van der Waals surface area contributed by atoms with Crippen LogP contribution in [-0.2, 0) is 4.79 Å². The second-order valence-corrected chi connectivity index (χ2v) is 3.78. The largest absolute Gasteiger partial charge is 0.300 e. The van der Waals surface area contributed by atoms with Gasteiger partial charge in [-0.15, -0.1) is 0 Å². The zero-order valence-electron chi connectivity index (χ0n) is 7.02. The third kappa shape index (κ3) is 6.14. The first-order valence-corrected chi connectivity index (χ1v) is 5.04. The van der Waals surface area contributed by atoms with E-state index in [-0.39, 0.29) is 0 Å². The molecule has 0 aromatic heterocycles. The van der Waals surface area contributed by atoms with E-state index in [0.717, 1.165) is 6.42 Å². The summed E-state index contributed by atoms with van der Waals surface area (Å²) in [4.78, 5) is 10.6. The fraction of sp³-hybridized carbons (Fsp3) is 0.875. The van der Waals surface area contributed by atoms with E-state index in [9.17, 15) is 4.79 Å². The lowest BCUT2D eigenvalue weighted by atomic mass is 10.0. The van der Waals surface area contributed by atoms with E-state index < -0.39 is 0 Å². The highest BCUT2D eigenvalue weighted by atomic mass is 32.2. The number of hydrogen-bond donors (Lipinski definition) is 0. The van der Waals surface area contributed by atoms with Crippen LogP contribution in [-0.4, -0.2) is 17.8 Å². The summed E-state index contributed by atoms with van der Waals surface area (Å²) in [6.45, 7) is 3.80. The van der Waals surface area contributed by atoms with Gasteiger partial charge in [0.15, 0.2) is 0 Å². The summed E-state index contributed by atoms with van der Waals surface area (Å²) in [5, 5.41) is 0. The molecule has 0 N–H and O–H groups in total. The topological polar surface area (TPSA) is 17.1 Å². The van der Waals surface area contributed by atoms with Crippen LogP contribution in [0, 0.1) is 5.92 Å². The predicted octanol–water partition coefficient (Wildman–Crippen LogP) is 2.35. The Kier molecular flexibility index (Phi) is 5.79. The van der Waals surface area contributed by atoms with Crippen LogP contribution in [0.5, 0.6) is 0 Å². The Hall–Kier alpha value is 0.0200. The molecule has 0 aliphatic heterocycles. The van der Waals surface area contributed by atoms with Crippen molar-refractivity contribution in [3.63, 3.8) is 0 Å². The smallest absolute Gasteiger partial charge is 0.130 e. The molecule has 0 spiro atoms. The van der Waals surface area contributed by atoms with Gasteiger partial charge in [-0.05, 0) is 31.3 Å². The third-order valence-corrected chi connectivity index (χ3v) is 2.09. The van der Waals surface area contributed by atoms with Gasteiger partial charge in [-0.3, -0.25) is 0 Å². The highest BCUT2D eigenvalue weighted by Gasteiger charge is 2.03. The monoisotopic (exact) mass is 160 g/mol. The minimum atomic E-state index is 0.314. The van der Waals surface area contributed by atoms with Gasteiger partial charge in [0, 0.05) is 6.42 Å². The zero-order chi connectivity index (χ0) is 7.98. The SMILES string of the molecule is CSCCC(C)CC(C)=O. The number of Topliss-reactive ketones (excluding diaryl/α,β-unsaturated/α-hetero) is 1. The van der Waals surface area contributed by atoms with Crippen molar-refractivity contribution in [1.82, 2.24) is 0 Å². The van der Waals surface area contributed by atoms with E-state index in [4.69, 9.17) is 0 Å². The van der Waals surface area contributed by atoms with Crippen LogP contribution in [0.25, 0.3) is 0 Å². The molecule has 0 saturated heterocycles. The Morgan fingerprint density at radius 3 is 2.60 bits per heavy atom. The molecule has 1 unspecified atom stereocenters. The minimum Gasteiger partial charge on any atom is -0.300 e. The molecule has 0 rings (SSSR count). The molecule has 60 valence electrons. The van der Waals surface area contributed by atoms with Crippen LogP contribution >= 0.6 is 11.8 Å². The standard InChI is InChI=1S/C8H16OS/c1-7(4-5-10-3)6-8(2)9/h7H,4-6H2,1-3H3. The Labute approximate surface area is 67.6 Å². The van der Waals surface area contributed by atoms with E-state index in [2.05, 4.69) is 13.2 Å². The molecule has 0 fully saturated rings. The van der Waals surface area contributed by atoms with Gasteiger partial charge in [0.1, 0.15) is 5.78 Å². The number of thioether (sulfide) groups is 1. The lowest BCUT2D eigenvalue weighted by Gasteiger charge is -2.06. The average Bonchev–Trinajstić information content (AvgIpc) is 1.82. The van der Waals surface area contributed by atoms with Gasteiger partial charge < -0.3 is 4.79 Å². The van der Waals surface area contributed by atoms with Gasteiger partial charge in [0.2, 0.25) is 0 Å². The molecular formula is C8H16OS. The fourth-order valence-corrected chi connectivity index (χ4v) is 1.55. The first kappa shape index (κ1) is 10.0. The molecule has 0 radical (unpaired) electrons. The van der Waals surface area contributed by atoms with Crippen molar-refractivity contribution < 1.29 is 4.79 Å². The Morgan fingerprint density at radius 2 is 2.20 bits per heavy atom. The molecule has 0 aliphatic rings. The number of rotatable bonds is 5. The summed E-state index contributed by atoms with van der Waals surface area (Å²) in [5.41, 5.74) is 0. The number of carbonyl (C=O) groups is 1. The first-order valence-electron chi connectivity index (χ1n) is 3.65. The van der Waals surface area contributed by atoms with Crippen molar-refractivity contribution in [2.75, 3.05) is 12.0 Å². The van der Waals surface area contributed by atoms with Gasteiger partial charge >= 0.3 is 0 Å². The molecule has 0 aromatic carbocycles. The highest BCUT2D eigenvalue weighted by Crippen LogP contribution is 2.10. The maximum atomic E-state index is 10.6. The van der Waals surface area contributed by atoms with E-state index >= 15 is 0 Å². The normalized spacial score (nSPS) is 13.1. The second-order valence-electron chi connectivity index (χ2n) is 2.79. The Morgan fingerprint density at radius 1 is 1.60 bits per heavy atom. The summed E-state index contributed by atoms with van der Waals surface area (Å²) in [5.74, 6) is 2.06. The molecule has 0 saturated carbocycles. The van der Waals surface area contributed by atoms with E-state index in [1.54, 1.807) is 6.92 Å². The lowest BCUT2D eigenvalue weighted by Crippen LogP contribution is -2.02. The quantitative estimate of drug-likeness (QED) is 0.614. The van der Waals surface area contributed by atoms with Crippen molar-refractivity contribution in [3.05, 3.63) is 0 Å². The number of carbonyl (C=O) groups excluding carboxylic acids is 1. The zero-order valence-corrected chi connectivity index (χ0v) is 7.83. The summed E-state index contributed by atoms with van der Waals surface area (Å²) in [6.07, 6.45) is 4.02. The molecule has 0 heterocycles. The molecule has 2 heteroatoms. The molecular weight excluding hydrogens is 144 g/mol. The van der Waals surface area contributed by atoms with Gasteiger partial charge in [0.25, 0.3) is 0 Å². The minimum absolute atomic E-state index is 0.314. The van der Waals surface area contributed by atoms with Crippen LogP contribution < -0.4 is 0 Å². The summed E-state index contributed by atoms with van der Waals surface area (Å²) >= 11 is 1.85. The molecule has 0 aliphatic carbocycles. The number of hydrogen-bond acceptors (Lipinski definition) is 2. The average molecular weight is 160 g/mol. The van der Waals surface area contributed by atoms with Crippen LogP contribution in [0.15, 0.2) is 0 Å². The predicted molar refractivity (Wildman–Crippen MR) is 47.5 cm³/mol. The molecule has 0 amide bonds. The van der Waals surface area contributed by atoms with Gasteiger partial charge in [-0.1, -0.05) is 6.92 Å². The van der Waals surface area contributed by atoms with Crippen LogP contribution in [0.3, 0.4) is 0 Å². The van der Waals surface area contributed by atoms with E-state index in [1.165, 1.54) is 12.2 Å². The van der Waals surface area contributed by atoms with Crippen molar-refractivity contribution in [3.8, 4) is 0 Å². The van der Waals surface area contributed by atoms with Gasteiger partial charge in [-0.2, -0.15) is 11.8 Å². The molecule has 10 heavy (non-hydrogen) atoms. The van der Waals surface area contributed by atoms with Crippen LogP contribution in [0.1, 0.15) is 26.7 Å². The van der Waals surface area contributed by atoms with Crippen LogP contribution in [0.2, 0.25) is 0 Å².